The van der Waals surface area contributed by atoms with Gasteiger partial charge in [0, 0.05) is 0 Å². The summed E-state index contributed by atoms with van der Waals surface area (Å²) in [7, 11) is 0. The number of carbonyl (C=O) groups excluding carboxylic acids is 1. The summed E-state index contributed by atoms with van der Waals surface area (Å²) in [4.78, 5) is 11.0. The highest BCUT2D eigenvalue weighted by Gasteiger charge is 2.07. The Hall–Kier alpha value is -1.97. The third kappa shape index (κ3) is 4.66. The first-order valence-corrected chi connectivity index (χ1v) is 6.32. The van der Waals surface area contributed by atoms with E-state index in [0.717, 1.165) is 0 Å². The molecule has 0 unspecified atom stereocenters. The van der Waals surface area contributed by atoms with Crippen LogP contribution in [-0.2, 0) is 0 Å². The first kappa shape index (κ1) is 15.1. The molecule has 4 nitrogen and oxygen atoms in total. The van der Waals surface area contributed by atoms with Gasteiger partial charge in [-0.15, -0.1) is 18.2 Å². The number of hydrogen-bond donors (Lipinski definition) is 2. The zero-order valence-corrected chi connectivity index (χ0v) is 10.9. The molecule has 100 valence electrons. The smallest absolute Gasteiger partial charge is 0.338 e. The van der Waals surface area contributed by atoms with Gasteiger partial charge in [-0.05, 0) is 11.6 Å². The zero-order valence-electron chi connectivity index (χ0n) is 10.0. The topological polar surface area (TPSA) is 66.6 Å². The highest BCUT2D eigenvalue weighted by atomic mass is 32.2. The summed E-state index contributed by atoms with van der Waals surface area (Å²) < 4.78 is 13.6. The normalized spacial score (nSPS) is 10.4. The average Bonchev–Trinajstić information content (AvgIpc) is 2.37. The van der Waals surface area contributed by atoms with E-state index in [-0.39, 0.29) is 12.4 Å². The van der Waals surface area contributed by atoms with Crippen molar-refractivity contribution in [3.05, 3.63) is 35.7 Å². The second-order valence-electron chi connectivity index (χ2n) is 3.47. The molecule has 0 radical (unpaired) electrons. The Morgan fingerprint density at radius 2 is 2.37 bits per heavy atom. The summed E-state index contributed by atoms with van der Waals surface area (Å²) in [6.07, 6.45) is 8.24. The SMILES string of the molecule is C#CCSc1c(F)cccc1C=CCN(O)C(N)=O. The number of thioether (sulfide) groups is 1. The Morgan fingerprint density at radius 1 is 1.63 bits per heavy atom. The summed E-state index contributed by atoms with van der Waals surface area (Å²) in [5.41, 5.74) is 5.48. The Balaban J connectivity index is 2.83. The lowest BCUT2D eigenvalue weighted by Gasteiger charge is -2.08. The molecular formula is C13H13FN2O2S. The molecule has 1 rings (SSSR count). The first-order chi connectivity index (χ1) is 9.06. The number of hydroxylamine groups is 2. The Morgan fingerprint density at radius 3 is 3.00 bits per heavy atom. The Kier molecular flexibility index (Phi) is 5.93. The molecule has 3 N–H and O–H groups in total. The van der Waals surface area contributed by atoms with Crippen molar-refractivity contribution in [1.29, 1.82) is 0 Å². The maximum absolute atomic E-state index is 13.6. The number of carbonyl (C=O) groups is 1. The van der Waals surface area contributed by atoms with Crippen LogP contribution in [0.25, 0.3) is 6.08 Å². The number of amides is 2. The van der Waals surface area contributed by atoms with E-state index in [1.54, 1.807) is 18.2 Å². The summed E-state index contributed by atoms with van der Waals surface area (Å²) in [5.74, 6) is 2.42. The Labute approximate surface area is 115 Å². The molecule has 6 heteroatoms. The van der Waals surface area contributed by atoms with E-state index >= 15 is 0 Å². The van der Waals surface area contributed by atoms with Crippen LogP contribution < -0.4 is 5.73 Å². The minimum atomic E-state index is -0.953. The van der Waals surface area contributed by atoms with E-state index in [4.69, 9.17) is 17.4 Å². The summed E-state index contributed by atoms with van der Waals surface area (Å²) in [6.45, 7) is -0.0783. The van der Waals surface area contributed by atoms with Crippen molar-refractivity contribution in [2.75, 3.05) is 12.3 Å². The lowest BCUT2D eigenvalue weighted by molar-refractivity contribution is -0.0286. The average molecular weight is 280 g/mol. The van der Waals surface area contributed by atoms with Gasteiger partial charge in [-0.2, -0.15) is 0 Å². The van der Waals surface area contributed by atoms with Crippen molar-refractivity contribution in [3.63, 3.8) is 0 Å². The number of rotatable bonds is 5. The molecule has 0 saturated carbocycles. The van der Waals surface area contributed by atoms with Gasteiger partial charge < -0.3 is 5.73 Å². The van der Waals surface area contributed by atoms with Gasteiger partial charge in [0.1, 0.15) is 5.82 Å². The predicted molar refractivity (Wildman–Crippen MR) is 73.1 cm³/mol. The number of hydrogen-bond acceptors (Lipinski definition) is 3. The van der Waals surface area contributed by atoms with E-state index < -0.39 is 6.03 Å². The number of urea groups is 1. The molecule has 2 amide bonds. The van der Waals surface area contributed by atoms with Crippen LogP contribution in [0, 0.1) is 18.2 Å². The molecule has 0 atom stereocenters. The van der Waals surface area contributed by atoms with Crippen molar-refractivity contribution < 1.29 is 14.4 Å². The molecule has 0 aliphatic carbocycles. The highest BCUT2D eigenvalue weighted by Crippen LogP contribution is 2.26. The second-order valence-corrected chi connectivity index (χ2v) is 4.46. The maximum Gasteiger partial charge on any atom is 0.338 e. The molecule has 0 aliphatic heterocycles. The van der Waals surface area contributed by atoms with Crippen molar-refractivity contribution in [3.8, 4) is 12.3 Å². The molecule has 0 bridgehead atoms. The minimum Gasteiger partial charge on any atom is -0.350 e. The van der Waals surface area contributed by atoms with Gasteiger partial charge in [0.25, 0.3) is 0 Å². The van der Waals surface area contributed by atoms with E-state index in [1.807, 2.05) is 0 Å². The summed E-state index contributed by atoms with van der Waals surface area (Å²) in [6, 6.07) is 3.67. The number of nitrogens with two attached hydrogens (primary N) is 1. The van der Waals surface area contributed by atoms with E-state index in [2.05, 4.69) is 5.92 Å². The number of nitrogens with zero attached hydrogens (tertiary/aromatic N) is 1. The first-order valence-electron chi connectivity index (χ1n) is 5.33. The predicted octanol–water partition coefficient (Wildman–Crippen LogP) is 2.33. The molecule has 0 heterocycles. The van der Waals surface area contributed by atoms with Crippen LogP contribution in [-0.4, -0.2) is 28.6 Å². The number of benzene rings is 1. The van der Waals surface area contributed by atoms with Crippen LogP contribution in [0.5, 0.6) is 0 Å². The van der Waals surface area contributed by atoms with Crippen LogP contribution >= 0.6 is 11.8 Å². The second kappa shape index (κ2) is 7.46. The standard InChI is InChI=1S/C13H13FN2O2S/c1-2-9-19-12-10(5-3-7-11(12)14)6-4-8-16(18)13(15)17/h1,3-7,18H,8-9H2,(H2,15,17). The van der Waals surface area contributed by atoms with Crippen LogP contribution in [0.15, 0.2) is 29.2 Å². The van der Waals surface area contributed by atoms with Crippen molar-refractivity contribution >= 4 is 23.9 Å². The fourth-order valence-electron chi connectivity index (χ4n) is 1.29. The summed E-state index contributed by atoms with van der Waals surface area (Å²) >= 11 is 1.21. The van der Waals surface area contributed by atoms with Crippen molar-refractivity contribution in [1.82, 2.24) is 5.06 Å². The van der Waals surface area contributed by atoms with Crippen LogP contribution in [0.1, 0.15) is 5.56 Å². The third-order valence-corrected chi connectivity index (χ3v) is 3.16. The molecule has 1 aromatic rings. The quantitative estimate of drug-likeness (QED) is 0.376. The van der Waals surface area contributed by atoms with E-state index in [1.165, 1.54) is 23.9 Å². The van der Waals surface area contributed by atoms with Crippen molar-refractivity contribution in [2.24, 2.45) is 5.73 Å². The van der Waals surface area contributed by atoms with Gasteiger partial charge in [0.2, 0.25) is 0 Å². The maximum atomic E-state index is 13.6. The molecule has 0 fully saturated rings. The molecule has 1 aromatic carbocycles. The summed E-state index contributed by atoms with van der Waals surface area (Å²) in [5, 5.41) is 9.42. The molecule has 0 saturated heterocycles. The number of halogens is 1. The Bertz CT molecular complexity index is 526. The highest BCUT2D eigenvalue weighted by molar-refractivity contribution is 7.99. The van der Waals surface area contributed by atoms with Gasteiger partial charge in [0.05, 0.1) is 17.2 Å². The fraction of sp³-hybridized carbons (Fsp3) is 0.154. The van der Waals surface area contributed by atoms with E-state index in [9.17, 15) is 9.18 Å². The van der Waals surface area contributed by atoms with E-state index in [0.29, 0.717) is 21.3 Å². The van der Waals surface area contributed by atoms with Gasteiger partial charge >= 0.3 is 6.03 Å². The zero-order chi connectivity index (χ0) is 14.3. The van der Waals surface area contributed by atoms with Crippen LogP contribution in [0.3, 0.4) is 0 Å². The van der Waals surface area contributed by atoms with Gasteiger partial charge in [-0.25, -0.2) is 14.2 Å². The molecular weight excluding hydrogens is 267 g/mol. The van der Waals surface area contributed by atoms with Gasteiger partial charge in [0.15, 0.2) is 0 Å². The van der Waals surface area contributed by atoms with Gasteiger partial charge in [-0.1, -0.05) is 30.2 Å². The number of primary amides is 1. The fourth-order valence-corrected chi connectivity index (χ4v) is 2.03. The molecule has 0 aromatic heterocycles. The molecule has 19 heavy (non-hydrogen) atoms. The van der Waals surface area contributed by atoms with Gasteiger partial charge in [-0.3, -0.25) is 5.21 Å². The van der Waals surface area contributed by atoms with Crippen LogP contribution in [0.4, 0.5) is 9.18 Å². The lowest BCUT2D eigenvalue weighted by Crippen LogP contribution is -2.32. The largest absolute Gasteiger partial charge is 0.350 e. The minimum absolute atomic E-state index is 0.0783. The third-order valence-electron chi connectivity index (χ3n) is 2.13. The van der Waals surface area contributed by atoms with Crippen molar-refractivity contribution in [2.45, 2.75) is 4.90 Å². The number of terminal acetylenes is 1. The van der Waals surface area contributed by atoms with Crippen LogP contribution in [0.2, 0.25) is 0 Å². The molecule has 0 aliphatic rings. The monoisotopic (exact) mass is 280 g/mol. The lowest BCUT2D eigenvalue weighted by atomic mass is 10.2. The molecule has 0 spiro atoms.